The standard InChI is InChI=1S/C23H28N4O6S2/c28-14-6-4-12(20-18(14)26-22(32)34-20)16(30)10-24-8-2-1-3-9-25-11-17(31)13-5-7-15(29)19-21(13)35-23(33)27-19/h4-7,16-17,24-25,28-31H,1-3,8-11H2,(H,26,32)(H,27,33)/t16-,17-/m0/s1. The Morgan fingerprint density at radius 1 is 0.714 bits per heavy atom. The molecule has 10 nitrogen and oxygen atoms in total. The second kappa shape index (κ2) is 11.3. The zero-order valence-corrected chi connectivity index (χ0v) is 20.5. The van der Waals surface area contributed by atoms with E-state index < -0.39 is 12.2 Å². The Morgan fingerprint density at radius 2 is 1.14 bits per heavy atom. The molecule has 2 atom stereocenters. The van der Waals surface area contributed by atoms with Gasteiger partial charge < -0.3 is 41.0 Å². The van der Waals surface area contributed by atoms with E-state index in [4.69, 9.17) is 0 Å². The fourth-order valence-electron chi connectivity index (χ4n) is 3.98. The lowest BCUT2D eigenvalue weighted by atomic mass is 10.1. The highest BCUT2D eigenvalue weighted by molar-refractivity contribution is 7.17. The van der Waals surface area contributed by atoms with Gasteiger partial charge in [-0.2, -0.15) is 0 Å². The topological polar surface area (TPSA) is 171 Å². The molecule has 0 unspecified atom stereocenters. The SMILES string of the molecule is O=c1[nH]c2c(O)ccc([C@@H](O)CNCCCCCNC[C@H](O)c3ccc(O)c4[nH]c(=O)sc34)c2s1. The first-order valence-electron chi connectivity index (χ1n) is 11.3. The molecule has 2 aromatic carbocycles. The molecule has 0 aliphatic carbocycles. The van der Waals surface area contributed by atoms with Gasteiger partial charge in [0.25, 0.3) is 0 Å². The summed E-state index contributed by atoms with van der Waals surface area (Å²) < 4.78 is 1.13. The van der Waals surface area contributed by atoms with Gasteiger partial charge in [0.05, 0.1) is 21.6 Å². The van der Waals surface area contributed by atoms with Gasteiger partial charge in [-0.05, 0) is 38.1 Å². The number of benzene rings is 2. The summed E-state index contributed by atoms with van der Waals surface area (Å²) in [5.41, 5.74) is 1.92. The van der Waals surface area contributed by atoms with Crippen molar-refractivity contribution in [3.63, 3.8) is 0 Å². The fourth-order valence-corrected chi connectivity index (χ4v) is 5.81. The number of H-pyrrole nitrogens is 2. The van der Waals surface area contributed by atoms with Crippen LogP contribution >= 0.6 is 22.7 Å². The normalized spacial score (nSPS) is 13.5. The first-order valence-corrected chi connectivity index (χ1v) is 13.0. The third kappa shape index (κ3) is 5.92. The molecule has 0 saturated carbocycles. The average Bonchev–Trinajstić information content (AvgIpc) is 3.41. The largest absolute Gasteiger partial charge is 0.506 e. The van der Waals surface area contributed by atoms with Crippen LogP contribution in [0.5, 0.6) is 11.5 Å². The Kier molecular flexibility index (Phi) is 8.21. The minimum absolute atomic E-state index is 0.0126. The highest BCUT2D eigenvalue weighted by Crippen LogP contribution is 2.32. The molecule has 0 amide bonds. The molecular weight excluding hydrogens is 492 g/mol. The van der Waals surface area contributed by atoms with E-state index in [-0.39, 0.29) is 21.2 Å². The number of rotatable bonds is 12. The summed E-state index contributed by atoms with van der Waals surface area (Å²) in [5.74, 6) is -0.0253. The summed E-state index contributed by atoms with van der Waals surface area (Å²) in [6, 6.07) is 6.20. The molecule has 0 aliphatic rings. The van der Waals surface area contributed by atoms with Crippen molar-refractivity contribution in [1.29, 1.82) is 0 Å². The van der Waals surface area contributed by atoms with Gasteiger partial charge in [-0.25, -0.2) is 0 Å². The first kappa shape index (κ1) is 25.4. The number of fused-ring (bicyclic) bond motifs is 2. The molecule has 2 heterocycles. The van der Waals surface area contributed by atoms with Gasteiger partial charge in [-0.15, -0.1) is 0 Å². The number of aliphatic hydroxyl groups excluding tert-OH is 2. The predicted octanol–water partition coefficient (Wildman–Crippen LogP) is 2.02. The fraction of sp³-hybridized carbons (Fsp3) is 0.391. The lowest BCUT2D eigenvalue weighted by molar-refractivity contribution is 0.175. The molecule has 12 heteroatoms. The quantitative estimate of drug-likeness (QED) is 0.131. The monoisotopic (exact) mass is 520 g/mol. The Hall–Kier alpha value is -2.74. The maximum absolute atomic E-state index is 11.6. The molecule has 8 N–H and O–H groups in total. The first-order chi connectivity index (χ1) is 16.8. The van der Waals surface area contributed by atoms with Crippen molar-refractivity contribution < 1.29 is 20.4 Å². The predicted molar refractivity (Wildman–Crippen MR) is 138 cm³/mol. The highest BCUT2D eigenvalue weighted by atomic mass is 32.1. The number of hydrogen-bond donors (Lipinski definition) is 8. The lowest BCUT2D eigenvalue weighted by Crippen LogP contribution is -2.24. The van der Waals surface area contributed by atoms with Crippen LogP contribution in [0.4, 0.5) is 0 Å². The van der Waals surface area contributed by atoms with Crippen molar-refractivity contribution >= 4 is 43.1 Å². The lowest BCUT2D eigenvalue weighted by Gasteiger charge is -2.14. The number of thiazole rings is 2. The molecule has 4 rings (SSSR count). The van der Waals surface area contributed by atoms with Crippen LogP contribution in [0.25, 0.3) is 20.4 Å². The van der Waals surface area contributed by atoms with Gasteiger partial charge in [0.2, 0.25) is 0 Å². The van der Waals surface area contributed by atoms with E-state index in [2.05, 4.69) is 20.6 Å². The minimum atomic E-state index is -0.794. The summed E-state index contributed by atoms with van der Waals surface area (Å²) in [6.07, 6.45) is 1.19. The van der Waals surface area contributed by atoms with Crippen LogP contribution in [0, 0.1) is 0 Å². The Balaban J connectivity index is 1.13. The van der Waals surface area contributed by atoms with Crippen molar-refractivity contribution in [2.24, 2.45) is 0 Å². The zero-order valence-electron chi connectivity index (χ0n) is 18.8. The van der Waals surface area contributed by atoms with E-state index in [0.29, 0.717) is 44.6 Å². The molecule has 0 radical (unpaired) electrons. The second-order valence-electron chi connectivity index (χ2n) is 8.29. The van der Waals surface area contributed by atoms with Crippen molar-refractivity contribution in [3.05, 3.63) is 54.7 Å². The minimum Gasteiger partial charge on any atom is -0.506 e. The van der Waals surface area contributed by atoms with Crippen LogP contribution in [0.2, 0.25) is 0 Å². The molecular formula is C23H28N4O6S2. The maximum Gasteiger partial charge on any atom is 0.305 e. The number of unbranched alkanes of at least 4 members (excludes halogenated alkanes) is 2. The summed E-state index contributed by atoms with van der Waals surface area (Å²) in [5, 5.41) is 47.2. The van der Waals surface area contributed by atoms with Crippen molar-refractivity contribution in [1.82, 2.24) is 20.6 Å². The van der Waals surface area contributed by atoms with Crippen LogP contribution in [0.1, 0.15) is 42.6 Å². The van der Waals surface area contributed by atoms with E-state index in [9.17, 15) is 30.0 Å². The van der Waals surface area contributed by atoms with Crippen LogP contribution in [0.15, 0.2) is 33.9 Å². The number of nitrogens with one attached hydrogen (secondary N) is 4. The number of aromatic amines is 2. The van der Waals surface area contributed by atoms with Gasteiger partial charge in [0.1, 0.15) is 22.5 Å². The summed E-state index contributed by atoms with van der Waals surface area (Å²) in [7, 11) is 0. The van der Waals surface area contributed by atoms with E-state index in [1.54, 1.807) is 12.1 Å². The van der Waals surface area contributed by atoms with E-state index in [0.717, 1.165) is 55.0 Å². The molecule has 0 aliphatic heterocycles. The molecule has 0 saturated heterocycles. The maximum atomic E-state index is 11.6. The number of aliphatic hydroxyl groups is 2. The van der Waals surface area contributed by atoms with Gasteiger partial charge in [-0.3, -0.25) is 9.59 Å². The van der Waals surface area contributed by atoms with Crippen LogP contribution in [0.3, 0.4) is 0 Å². The van der Waals surface area contributed by atoms with E-state index in [1.165, 1.54) is 12.1 Å². The zero-order chi connectivity index (χ0) is 24.9. The van der Waals surface area contributed by atoms with Crippen molar-refractivity contribution in [2.45, 2.75) is 31.5 Å². The number of aromatic hydroxyl groups is 2. The van der Waals surface area contributed by atoms with Crippen molar-refractivity contribution in [3.8, 4) is 11.5 Å². The van der Waals surface area contributed by atoms with Crippen LogP contribution in [-0.4, -0.2) is 56.6 Å². The van der Waals surface area contributed by atoms with Gasteiger partial charge in [0, 0.05) is 24.2 Å². The molecule has 4 aromatic rings. The molecule has 188 valence electrons. The highest BCUT2D eigenvalue weighted by Gasteiger charge is 2.17. The molecule has 0 bridgehead atoms. The number of aromatic nitrogens is 2. The summed E-state index contributed by atoms with van der Waals surface area (Å²) in [6.45, 7) is 2.12. The molecule has 35 heavy (non-hydrogen) atoms. The third-order valence-corrected chi connectivity index (χ3v) is 7.64. The number of phenolic OH excluding ortho intramolecular Hbond substituents is 2. The third-order valence-electron chi connectivity index (χ3n) is 5.78. The summed E-state index contributed by atoms with van der Waals surface area (Å²) >= 11 is 1.94. The number of hydrogen-bond acceptors (Lipinski definition) is 10. The van der Waals surface area contributed by atoms with Crippen LogP contribution in [-0.2, 0) is 0 Å². The summed E-state index contributed by atoms with van der Waals surface area (Å²) in [4.78, 5) is 27.8. The van der Waals surface area contributed by atoms with Crippen LogP contribution < -0.4 is 20.4 Å². The smallest absolute Gasteiger partial charge is 0.305 e. The molecule has 2 aromatic heterocycles. The van der Waals surface area contributed by atoms with Gasteiger partial charge >= 0.3 is 9.75 Å². The van der Waals surface area contributed by atoms with Crippen molar-refractivity contribution in [2.75, 3.05) is 26.2 Å². The Morgan fingerprint density at radius 3 is 1.57 bits per heavy atom. The molecule has 0 fully saturated rings. The second-order valence-corrected chi connectivity index (χ2v) is 10.3. The Bertz CT molecular complexity index is 1300. The van der Waals surface area contributed by atoms with Gasteiger partial charge in [-0.1, -0.05) is 41.2 Å². The number of phenols is 2. The van der Waals surface area contributed by atoms with E-state index >= 15 is 0 Å². The van der Waals surface area contributed by atoms with Gasteiger partial charge in [0.15, 0.2) is 0 Å². The average molecular weight is 521 g/mol. The van der Waals surface area contributed by atoms with E-state index in [1.807, 2.05) is 0 Å². The molecule has 0 spiro atoms. The Labute approximate surface area is 207 Å².